The Balaban J connectivity index is 0. The largest absolute Gasteiger partial charge is 0.396 e. The molecule has 0 aromatic rings. The minimum atomic E-state index is 0. The fourth-order valence-corrected chi connectivity index (χ4v) is 7.16. The molecule has 0 fully saturated rings. The summed E-state index contributed by atoms with van der Waals surface area (Å²) in [4.78, 5) is 0. The second-order valence-electron chi connectivity index (χ2n) is 7.53. The van der Waals surface area contributed by atoms with Gasteiger partial charge in [-0.3, -0.25) is 0 Å². The van der Waals surface area contributed by atoms with Crippen molar-refractivity contribution in [2.45, 2.75) is 123 Å². The molecule has 25 heavy (non-hydrogen) atoms. The molecule has 0 heterocycles. The molecule has 1 atom stereocenters. The highest BCUT2D eigenvalue weighted by Crippen LogP contribution is 2.47. The molecule has 0 rings (SSSR count). The van der Waals surface area contributed by atoms with Crippen LogP contribution in [0.25, 0.3) is 0 Å². The van der Waals surface area contributed by atoms with E-state index in [-0.39, 0.29) is 17.0 Å². The van der Waals surface area contributed by atoms with Crippen LogP contribution in [-0.2, 0) is 0 Å². The third-order valence-corrected chi connectivity index (χ3v) is 8.51. The Labute approximate surface area is 171 Å². The van der Waals surface area contributed by atoms with Crippen LogP contribution in [0.4, 0.5) is 0 Å². The van der Waals surface area contributed by atoms with E-state index in [9.17, 15) is 0 Å². The van der Waals surface area contributed by atoms with Gasteiger partial charge in [0.1, 0.15) is 0 Å². The second kappa shape index (κ2) is 22.9. The van der Waals surface area contributed by atoms with Crippen LogP contribution in [-0.4, -0.2) is 29.7 Å². The zero-order valence-electron chi connectivity index (χ0n) is 17.6. The molecule has 0 aliphatic rings. The summed E-state index contributed by atoms with van der Waals surface area (Å²) in [5, 5.41) is 8.79. The Hall–Kier alpha value is 0.870. The molecular formula is C22H48BrOP. The van der Waals surface area contributed by atoms with E-state index in [1.165, 1.54) is 89.9 Å². The van der Waals surface area contributed by atoms with Gasteiger partial charge >= 0.3 is 0 Å². The first kappa shape index (κ1) is 28.1. The molecule has 0 aliphatic carbocycles. The van der Waals surface area contributed by atoms with Gasteiger partial charge in [-0.2, -0.15) is 0 Å². The lowest BCUT2D eigenvalue weighted by Gasteiger charge is -2.28. The first-order chi connectivity index (χ1) is 11.8. The molecule has 0 amide bonds. The molecule has 1 unspecified atom stereocenters. The Morgan fingerprint density at radius 1 is 0.600 bits per heavy atom. The maximum Gasteiger partial charge on any atom is 0.0431 e. The van der Waals surface area contributed by atoms with E-state index in [4.69, 9.17) is 5.11 Å². The number of hydrogen-bond acceptors (Lipinski definition) is 1. The van der Waals surface area contributed by atoms with Crippen molar-refractivity contribution in [3.63, 3.8) is 0 Å². The number of hydrogen-bond donors (Lipinski definition) is 1. The minimum Gasteiger partial charge on any atom is -0.396 e. The van der Waals surface area contributed by atoms with Gasteiger partial charge in [-0.05, 0) is 50.1 Å². The smallest absolute Gasteiger partial charge is 0.0431 e. The van der Waals surface area contributed by atoms with Crippen molar-refractivity contribution in [1.82, 2.24) is 0 Å². The molecule has 1 nitrogen and oxygen atoms in total. The Kier molecular flexibility index (Phi) is 25.7. The Morgan fingerprint density at radius 3 is 1.52 bits per heavy atom. The minimum absolute atomic E-state index is 0. The third kappa shape index (κ3) is 18.0. The topological polar surface area (TPSA) is 20.2 Å². The first-order valence-corrected chi connectivity index (χ1v) is 12.9. The SMILES string of the molecule is Br.CCCCP(CCCC)C(CCC)CCCCCCCCCCO. The fourth-order valence-electron chi connectivity index (χ4n) is 3.59. The summed E-state index contributed by atoms with van der Waals surface area (Å²) in [7, 11) is 0.300. The molecule has 0 aromatic carbocycles. The number of aliphatic hydroxyl groups excluding tert-OH is 1. The molecule has 0 saturated heterocycles. The molecule has 0 saturated carbocycles. The summed E-state index contributed by atoms with van der Waals surface area (Å²) in [5.74, 6) is 0. The molecule has 0 aromatic heterocycles. The predicted molar refractivity (Wildman–Crippen MR) is 124 cm³/mol. The van der Waals surface area contributed by atoms with Crippen molar-refractivity contribution >= 4 is 24.9 Å². The van der Waals surface area contributed by atoms with Crippen LogP contribution in [0.3, 0.4) is 0 Å². The van der Waals surface area contributed by atoms with E-state index >= 15 is 0 Å². The number of unbranched alkanes of at least 4 members (excludes halogenated alkanes) is 9. The van der Waals surface area contributed by atoms with Gasteiger partial charge in [0.05, 0.1) is 0 Å². The van der Waals surface area contributed by atoms with Crippen molar-refractivity contribution in [1.29, 1.82) is 0 Å². The van der Waals surface area contributed by atoms with Crippen LogP contribution in [0.1, 0.15) is 117 Å². The molecule has 3 heteroatoms. The second-order valence-corrected chi connectivity index (χ2v) is 10.3. The molecule has 0 radical (unpaired) electrons. The Bertz CT molecular complexity index is 230. The van der Waals surface area contributed by atoms with E-state index in [0.29, 0.717) is 14.5 Å². The summed E-state index contributed by atoms with van der Waals surface area (Å²) in [6.07, 6.45) is 23.8. The van der Waals surface area contributed by atoms with Crippen LogP contribution < -0.4 is 0 Å². The molecule has 0 bridgehead atoms. The summed E-state index contributed by atoms with van der Waals surface area (Å²) >= 11 is 0. The van der Waals surface area contributed by atoms with Crippen molar-refractivity contribution in [2.75, 3.05) is 18.9 Å². The zero-order valence-corrected chi connectivity index (χ0v) is 20.2. The van der Waals surface area contributed by atoms with Gasteiger partial charge in [-0.25, -0.2) is 0 Å². The maximum atomic E-state index is 8.79. The van der Waals surface area contributed by atoms with Gasteiger partial charge in [0.15, 0.2) is 0 Å². The van der Waals surface area contributed by atoms with E-state index in [1.807, 2.05) is 0 Å². The maximum absolute atomic E-state index is 8.79. The zero-order chi connectivity index (χ0) is 17.9. The van der Waals surface area contributed by atoms with E-state index in [0.717, 1.165) is 12.1 Å². The number of rotatable bonds is 19. The highest BCUT2D eigenvalue weighted by atomic mass is 79.9. The molecular weight excluding hydrogens is 391 g/mol. The lowest BCUT2D eigenvalue weighted by atomic mass is 10.1. The van der Waals surface area contributed by atoms with E-state index in [1.54, 1.807) is 12.3 Å². The Morgan fingerprint density at radius 2 is 1.08 bits per heavy atom. The van der Waals surface area contributed by atoms with Crippen LogP contribution in [0, 0.1) is 0 Å². The lowest BCUT2D eigenvalue weighted by Crippen LogP contribution is -2.10. The van der Waals surface area contributed by atoms with Crippen molar-refractivity contribution in [3.05, 3.63) is 0 Å². The highest BCUT2D eigenvalue weighted by Gasteiger charge is 2.18. The standard InChI is InChI=1S/C22H47OP.BrH/c1-4-7-20-24(21-8-5-2)22(17-6-3)18-15-13-11-9-10-12-14-16-19-23;/h22-23H,4-21H2,1-3H3;1H. The van der Waals surface area contributed by atoms with Gasteiger partial charge in [-0.1, -0.05) is 85.0 Å². The molecule has 0 aliphatic heterocycles. The molecule has 154 valence electrons. The van der Waals surface area contributed by atoms with Gasteiger partial charge in [0.25, 0.3) is 0 Å². The summed E-state index contributed by atoms with van der Waals surface area (Å²) in [6, 6.07) is 0. The fraction of sp³-hybridized carbons (Fsp3) is 1.00. The number of aliphatic hydroxyl groups is 1. The monoisotopic (exact) mass is 438 g/mol. The molecule has 0 spiro atoms. The lowest BCUT2D eigenvalue weighted by molar-refractivity contribution is 0.282. The average Bonchev–Trinajstić information content (AvgIpc) is 2.60. The van der Waals surface area contributed by atoms with Gasteiger partial charge in [-0.15, -0.1) is 24.9 Å². The van der Waals surface area contributed by atoms with Crippen LogP contribution in [0.2, 0.25) is 0 Å². The third-order valence-electron chi connectivity index (χ3n) is 5.18. The highest BCUT2D eigenvalue weighted by molar-refractivity contribution is 8.93. The molecule has 1 N–H and O–H groups in total. The van der Waals surface area contributed by atoms with Crippen molar-refractivity contribution in [3.8, 4) is 0 Å². The first-order valence-electron chi connectivity index (χ1n) is 11.1. The quantitative estimate of drug-likeness (QED) is 0.158. The van der Waals surface area contributed by atoms with Crippen LogP contribution >= 0.6 is 24.9 Å². The van der Waals surface area contributed by atoms with E-state index < -0.39 is 0 Å². The summed E-state index contributed by atoms with van der Waals surface area (Å²) in [6.45, 7) is 7.45. The van der Waals surface area contributed by atoms with Gasteiger partial charge < -0.3 is 5.11 Å². The van der Waals surface area contributed by atoms with E-state index in [2.05, 4.69) is 20.8 Å². The normalized spacial score (nSPS) is 12.4. The van der Waals surface area contributed by atoms with Gasteiger partial charge in [0, 0.05) is 6.61 Å². The summed E-state index contributed by atoms with van der Waals surface area (Å²) in [5.41, 5.74) is 1.06. The average molecular weight is 440 g/mol. The predicted octanol–water partition coefficient (Wildman–Crippen LogP) is 8.32. The van der Waals surface area contributed by atoms with Crippen LogP contribution in [0.15, 0.2) is 0 Å². The van der Waals surface area contributed by atoms with Crippen molar-refractivity contribution in [2.24, 2.45) is 0 Å². The van der Waals surface area contributed by atoms with Gasteiger partial charge in [0.2, 0.25) is 0 Å². The number of halogens is 1. The van der Waals surface area contributed by atoms with Crippen LogP contribution in [0.5, 0.6) is 0 Å². The van der Waals surface area contributed by atoms with Crippen molar-refractivity contribution < 1.29 is 5.11 Å². The summed E-state index contributed by atoms with van der Waals surface area (Å²) < 4.78 is 0.